The lowest BCUT2D eigenvalue weighted by Crippen LogP contribution is -2.47. The van der Waals surface area contributed by atoms with Gasteiger partial charge >= 0.3 is 0 Å². The average Bonchev–Trinajstić information content (AvgIpc) is 2.61. The summed E-state index contributed by atoms with van der Waals surface area (Å²) in [6, 6.07) is 6.78. The van der Waals surface area contributed by atoms with Crippen LogP contribution in [-0.2, 0) is 16.1 Å². The molecule has 2 aliphatic rings. The van der Waals surface area contributed by atoms with Crippen LogP contribution in [0.15, 0.2) is 24.3 Å². The average molecular weight is 360 g/mol. The maximum absolute atomic E-state index is 13.9. The van der Waals surface area contributed by atoms with Gasteiger partial charge in [-0.25, -0.2) is 4.39 Å². The fraction of sp³-hybridized carbons (Fsp3) is 0.619. The minimum absolute atomic E-state index is 0.00302. The monoisotopic (exact) mass is 360 g/mol. The van der Waals surface area contributed by atoms with Gasteiger partial charge in [0, 0.05) is 31.1 Å². The summed E-state index contributed by atoms with van der Waals surface area (Å²) in [7, 11) is 0. The molecule has 2 amide bonds. The van der Waals surface area contributed by atoms with E-state index >= 15 is 0 Å². The molecule has 0 aromatic heterocycles. The third-order valence-electron chi connectivity index (χ3n) is 5.64. The highest BCUT2D eigenvalue weighted by atomic mass is 19.1. The summed E-state index contributed by atoms with van der Waals surface area (Å²) in [5.41, 5.74) is 0.502. The van der Waals surface area contributed by atoms with Crippen molar-refractivity contribution >= 4 is 11.8 Å². The summed E-state index contributed by atoms with van der Waals surface area (Å²) in [6.45, 7) is 0.616. The van der Waals surface area contributed by atoms with E-state index in [1.165, 1.54) is 38.2 Å². The number of nitrogens with one attached hydrogen (secondary N) is 1. The number of likely N-dealkylation sites (tertiary alicyclic amines) is 1. The molecule has 1 saturated heterocycles. The van der Waals surface area contributed by atoms with Crippen LogP contribution in [0.25, 0.3) is 0 Å². The molecule has 0 spiro atoms. The summed E-state index contributed by atoms with van der Waals surface area (Å²) in [5.74, 6) is -0.434. The molecular weight excluding hydrogens is 331 g/mol. The van der Waals surface area contributed by atoms with Crippen LogP contribution < -0.4 is 5.32 Å². The van der Waals surface area contributed by atoms with Crippen molar-refractivity contribution < 1.29 is 14.0 Å². The van der Waals surface area contributed by atoms with E-state index in [1.54, 1.807) is 23.1 Å². The van der Waals surface area contributed by atoms with Gasteiger partial charge in [0.2, 0.25) is 11.8 Å². The standard InChI is InChI=1S/C21H29FN2O2/c22-19-11-7-6-8-16(19)14-24-15-17(12-13-20(24)25)21(26)23-18-9-4-2-1-3-5-10-18/h6-8,11,17-18H,1-5,9-10,12-15H2,(H,23,26). The molecule has 3 rings (SSSR count). The van der Waals surface area contributed by atoms with E-state index < -0.39 is 0 Å². The van der Waals surface area contributed by atoms with Gasteiger partial charge in [0.05, 0.1) is 5.92 Å². The largest absolute Gasteiger partial charge is 0.353 e. The van der Waals surface area contributed by atoms with Gasteiger partial charge in [-0.05, 0) is 25.3 Å². The van der Waals surface area contributed by atoms with Crippen molar-refractivity contribution in [2.45, 2.75) is 70.4 Å². The molecule has 1 aromatic rings. The van der Waals surface area contributed by atoms with Crippen LogP contribution in [0.3, 0.4) is 0 Å². The van der Waals surface area contributed by atoms with Gasteiger partial charge < -0.3 is 10.2 Å². The van der Waals surface area contributed by atoms with Gasteiger partial charge in [-0.3, -0.25) is 9.59 Å². The minimum atomic E-state index is -0.304. The number of piperidine rings is 1. The van der Waals surface area contributed by atoms with Crippen molar-refractivity contribution in [3.8, 4) is 0 Å². The van der Waals surface area contributed by atoms with Crippen LogP contribution in [0.4, 0.5) is 4.39 Å². The number of hydrogen-bond acceptors (Lipinski definition) is 2. The van der Waals surface area contributed by atoms with Crippen LogP contribution in [-0.4, -0.2) is 29.3 Å². The van der Waals surface area contributed by atoms with Crippen molar-refractivity contribution in [3.63, 3.8) is 0 Å². The zero-order chi connectivity index (χ0) is 18.4. The smallest absolute Gasteiger partial charge is 0.225 e. The van der Waals surface area contributed by atoms with E-state index in [-0.39, 0.29) is 36.1 Å². The van der Waals surface area contributed by atoms with E-state index in [0.717, 1.165) is 12.8 Å². The molecule has 1 aliphatic heterocycles. The van der Waals surface area contributed by atoms with Gasteiger partial charge in [0.25, 0.3) is 0 Å². The first kappa shape index (κ1) is 18.9. The van der Waals surface area contributed by atoms with Crippen molar-refractivity contribution in [2.24, 2.45) is 5.92 Å². The highest BCUT2D eigenvalue weighted by molar-refractivity contribution is 5.84. The molecule has 1 unspecified atom stereocenters. The quantitative estimate of drug-likeness (QED) is 0.888. The number of rotatable bonds is 4. The molecule has 0 bridgehead atoms. The van der Waals surface area contributed by atoms with Crippen molar-refractivity contribution in [2.75, 3.05) is 6.54 Å². The van der Waals surface area contributed by atoms with Gasteiger partial charge in [-0.2, -0.15) is 0 Å². The summed E-state index contributed by atoms with van der Waals surface area (Å²) in [6.07, 6.45) is 9.20. The molecule has 1 saturated carbocycles. The van der Waals surface area contributed by atoms with Crippen LogP contribution in [0, 0.1) is 11.7 Å². The number of benzene rings is 1. The number of nitrogens with zero attached hydrogens (tertiary/aromatic N) is 1. The molecule has 142 valence electrons. The fourth-order valence-corrected chi connectivity index (χ4v) is 4.03. The Bertz CT molecular complexity index is 626. The van der Waals surface area contributed by atoms with E-state index in [9.17, 15) is 14.0 Å². The summed E-state index contributed by atoms with van der Waals surface area (Å²) >= 11 is 0. The topological polar surface area (TPSA) is 49.4 Å². The highest BCUT2D eigenvalue weighted by Crippen LogP contribution is 2.22. The van der Waals surface area contributed by atoms with Gasteiger partial charge in [0.15, 0.2) is 0 Å². The Morgan fingerprint density at radius 3 is 2.50 bits per heavy atom. The number of carbonyl (C=O) groups is 2. The second-order valence-electron chi connectivity index (χ2n) is 7.65. The summed E-state index contributed by atoms with van der Waals surface area (Å²) in [5, 5.41) is 3.22. The molecule has 5 heteroatoms. The zero-order valence-corrected chi connectivity index (χ0v) is 15.4. The van der Waals surface area contributed by atoms with Gasteiger partial charge in [-0.1, -0.05) is 50.3 Å². The maximum atomic E-state index is 13.9. The number of hydrogen-bond donors (Lipinski definition) is 1. The third-order valence-corrected chi connectivity index (χ3v) is 5.64. The van der Waals surface area contributed by atoms with Crippen LogP contribution in [0.1, 0.15) is 63.4 Å². The van der Waals surface area contributed by atoms with Crippen molar-refractivity contribution in [1.82, 2.24) is 10.2 Å². The molecule has 4 nitrogen and oxygen atoms in total. The second-order valence-corrected chi connectivity index (χ2v) is 7.65. The van der Waals surface area contributed by atoms with Gasteiger partial charge in [0.1, 0.15) is 5.82 Å². The molecule has 1 atom stereocenters. The Labute approximate surface area is 155 Å². The minimum Gasteiger partial charge on any atom is -0.353 e. The van der Waals surface area contributed by atoms with Crippen LogP contribution in [0.2, 0.25) is 0 Å². The molecule has 1 heterocycles. The molecule has 1 aliphatic carbocycles. The number of amides is 2. The molecule has 1 aromatic carbocycles. The predicted molar refractivity (Wildman–Crippen MR) is 98.8 cm³/mol. The van der Waals surface area contributed by atoms with Crippen LogP contribution >= 0.6 is 0 Å². The first-order valence-electron chi connectivity index (χ1n) is 9.95. The Kier molecular flexibility index (Phi) is 6.64. The van der Waals surface area contributed by atoms with Crippen molar-refractivity contribution in [3.05, 3.63) is 35.6 Å². The Morgan fingerprint density at radius 2 is 1.77 bits per heavy atom. The predicted octanol–water partition coefficient (Wildman–Crippen LogP) is 3.79. The lowest BCUT2D eigenvalue weighted by atomic mass is 9.93. The van der Waals surface area contributed by atoms with Crippen molar-refractivity contribution in [1.29, 1.82) is 0 Å². The Morgan fingerprint density at radius 1 is 1.08 bits per heavy atom. The van der Waals surface area contributed by atoms with Gasteiger partial charge in [-0.15, -0.1) is 0 Å². The molecule has 2 fully saturated rings. The SMILES string of the molecule is O=C(NC1CCCCCCC1)C1CCC(=O)N(Cc2ccccc2F)C1. The summed E-state index contributed by atoms with van der Waals surface area (Å²) < 4.78 is 13.9. The number of halogens is 1. The molecule has 26 heavy (non-hydrogen) atoms. The zero-order valence-electron chi connectivity index (χ0n) is 15.4. The Balaban J connectivity index is 1.57. The van der Waals surface area contributed by atoms with E-state index in [0.29, 0.717) is 24.9 Å². The Hall–Kier alpha value is -1.91. The second kappa shape index (κ2) is 9.15. The first-order chi connectivity index (χ1) is 12.6. The molecule has 1 N–H and O–H groups in total. The fourth-order valence-electron chi connectivity index (χ4n) is 4.03. The highest BCUT2D eigenvalue weighted by Gasteiger charge is 2.31. The van der Waals surface area contributed by atoms with E-state index in [4.69, 9.17) is 0 Å². The first-order valence-corrected chi connectivity index (χ1v) is 9.95. The third kappa shape index (κ3) is 5.05. The van der Waals surface area contributed by atoms with E-state index in [2.05, 4.69) is 5.32 Å². The lowest BCUT2D eigenvalue weighted by Gasteiger charge is -2.33. The van der Waals surface area contributed by atoms with E-state index in [1.807, 2.05) is 0 Å². The summed E-state index contributed by atoms with van der Waals surface area (Å²) in [4.78, 5) is 26.6. The number of carbonyl (C=O) groups excluding carboxylic acids is 2. The van der Waals surface area contributed by atoms with Crippen LogP contribution in [0.5, 0.6) is 0 Å². The lowest BCUT2D eigenvalue weighted by molar-refractivity contribution is -0.139. The molecule has 0 radical (unpaired) electrons. The normalized spacial score (nSPS) is 22.6. The maximum Gasteiger partial charge on any atom is 0.225 e. The molecular formula is C21H29FN2O2.